The number of carbonyl (C=O) groups excluding carboxylic acids is 3. The van der Waals surface area contributed by atoms with E-state index in [0.717, 1.165) is 70.6 Å². The van der Waals surface area contributed by atoms with Crippen molar-refractivity contribution in [1.82, 2.24) is 0 Å². The molecule has 328 valence electrons. The van der Waals surface area contributed by atoms with E-state index in [1.165, 1.54) is 38.5 Å². The summed E-state index contributed by atoms with van der Waals surface area (Å²) in [6.45, 7) is 4.37. The van der Waals surface area contributed by atoms with Crippen LogP contribution < -0.4 is 5.11 Å². The Labute approximate surface area is 354 Å². The van der Waals surface area contributed by atoms with E-state index in [1.807, 2.05) is 6.08 Å². The van der Waals surface area contributed by atoms with Crippen LogP contribution in [0, 0.1) is 0 Å². The molecular formula is C50H81NO7. The van der Waals surface area contributed by atoms with E-state index in [2.05, 4.69) is 98.9 Å². The van der Waals surface area contributed by atoms with Crippen LogP contribution in [0.25, 0.3) is 0 Å². The van der Waals surface area contributed by atoms with Gasteiger partial charge in [-0.05, 0) is 77.0 Å². The fourth-order valence-corrected chi connectivity index (χ4v) is 5.80. The van der Waals surface area contributed by atoms with Gasteiger partial charge < -0.3 is 28.6 Å². The van der Waals surface area contributed by atoms with Gasteiger partial charge in [0.25, 0.3) is 0 Å². The lowest BCUT2D eigenvalue weighted by molar-refractivity contribution is -0.889. The third kappa shape index (κ3) is 37.8. The van der Waals surface area contributed by atoms with Gasteiger partial charge in [0, 0.05) is 12.8 Å². The van der Waals surface area contributed by atoms with Gasteiger partial charge in [-0.15, -0.1) is 0 Å². The molecular weight excluding hydrogens is 727 g/mol. The lowest BCUT2D eigenvalue weighted by atomic mass is 10.1. The minimum absolute atomic E-state index is 0.00959. The molecule has 0 fully saturated rings. The minimum atomic E-state index is -1.15. The Bertz CT molecular complexity index is 1260. The smallest absolute Gasteiger partial charge is 0.310 e. The molecule has 0 heterocycles. The standard InChI is InChI=1S/C50H81NO7/c1-6-8-10-12-14-16-18-20-22-23-24-25-27-28-30-32-34-36-38-40-48(52)57-45-46(44-56-43-42-47(50(54)55)51(3,4)5)58-49(53)41-39-37-35-33-31-29-26-21-19-17-15-13-11-9-7-2/h9,11,14-17,20-22,24-26,31,33,37,39,46-47H,6-8,10,12-13,18-19,23,27-30,32,34-36,38,40-45H2,1-5H3/b11-9-,16-14-,17-15-,22-20-,25-24-,26-21-,33-31-,39-37-. The number of rotatable bonds is 38. The molecule has 0 rings (SSSR count). The highest BCUT2D eigenvalue weighted by Gasteiger charge is 2.25. The lowest BCUT2D eigenvalue weighted by Gasteiger charge is -2.34. The van der Waals surface area contributed by atoms with Crippen LogP contribution in [-0.4, -0.2) is 75.5 Å². The van der Waals surface area contributed by atoms with E-state index >= 15 is 0 Å². The first kappa shape index (κ1) is 54.2. The Morgan fingerprint density at radius 3 is 1.52 bits per heavy atom. The number of hydrogen-bond donors (Lipinski definition) is 0. The Kier molecular flexibility index (Phi) is 37.5. The second-order valence-electron chi connectivity index (χ2n) is 15.6. The molecule has 0 N–H and O–H groups in total. The topological polar surface area (TPSA) is 102 Å². The maximum absolute atomic E-state index is 12.7. The fourth-order valence-electron chi connectivity index (χ4n) is 5.80. The molecule has 0 amide bonds. The molecule has 2 atom stereocenters. The number of carboxylic acids is 1. The van der Waals surface area contributed by atoms with Gasteiger partial charge >= 0.3 is 11.9 Å². The fraction of sp³-hybridized carbons (Fsp3) is 0.620. The van der Waals surface area contributed by atoms with Crippen LogP contribution in [0.1, 0.15) is 149 Å². The Morgan fingerprint density at radius 2 is 1.02 bits per heavy atom. The highest BCUT2D eigenvalue weighted by Crippen LogP contribution is 2.12. The Hall–Kier alpha value is -3.75. The third-order valence-corrected chi connectivity index (χ3v) is 9.24. The normalized spacial score (nSPS) is 13.9. The summed E-state index contributed by atoms with van der Waals surface area (Å²) < 4.78 is 17.0. The summed E-state index contributed by atoms with van der Waals surface area (Å²) in [6.07, 6.45) is 53.2. The number of allylic oxidation sites excluding steroid dienone is 15. The van der Waals surface area contributed by atoms with Crippen LogP contribution >= 0.6 is 0 Å². The van der Waals surface area contributed by atoms with Gasteiger partial charge in [0.1, 0.15) is 12.6 Å². The molecule has 0 saturated heterocycles. The van der Waals surface area contributed by atoms with Crippen LogP contribution in [0.2, 0.25) is 0 Å². The first-order chi connectivity index (χ1) is 28.1. The highest BCUT2D eigenvalue weighted by atomic mass is 16.6. The molecule has 58 heavy (non-hydrogen) atoms. The number of likely N-dealkylation sites (N-methyl/N-ethyl adjacent to an activating group) is 1. The van der Waals surface area contributed by atoms with Gasteiger partial charge in [-0.25, -0.2) is 0 Å². The van der Waals surface area contributed by atoms with Crippen LogP contribution in [0.3, 0.4) is 0 Å². The molecule has 8 nitrogen and oxygen atoms in total. The zero-order valence-electron chi connectivity index (χ0n) is 37.2. The molecule has 0 bridgehead atoms. The van der Waals surface area contributed by atoms with Crippen molar-refractivity contribution in [2.75, 3.05) is 41.0 Å². The van der Waals surface area contributed by atoms with Crippen molar-refractivity contribution in [3.8, 4) is 0 Å². The van der Waals surface area contributed by atoms with Crippen molar-refractivity contribution >= 4 is 17.9 Å². The van der Waals surface area contributed by atoms with E-state index in [4.69, 9.17) is 14.2 Å². The average molecular weight is 808 g/mol. The second kappa shape index (κ2) is 40.0. The summed E-state index contributed by atoms with van der Waals surface area (Å²) in [5.41, 5.74) is 0. The first-order valence-electron chi connectivity index (χ1n) is 22.3. The molecule has 8 heteroatoms. The quantitative estimate of drug-likeness (QED) is 0.0265. The van der Waals surface area contributed by atoms with Crippen molar-refractivity contribution in [3.63, 3.8) is 0 Å². The van der Waals surface area contributed by atoms with Crippen LogP contribution in [0.4, 0.5) is 0 Å². The van der Waals surface area contributed by atoms with E-state index in [1.54, 1.807) is 27.2 Å². The van der Waals surface area contributed by atoms with Crippen LogP contribution in [0.15, 0.2) is 97.2 Å². The van der Waals surface area contributed by atoms with E-state index in [-0.39, 0.29) is 43.1 Å². The van der Waals surface area contributed by atoms with E-state index in [9.17, 15) is 19.5 Å². The average Bonchev–Trinajstić information content (AvgIpc) is 3.18. The maximum Gasteiger partial charge on any atom is 0.310 e. The zero-order chi connectivity index (χ0) is 42.8. The number of esters is 2. The first-order valence-corrected chi connectivity index (χ1v) is 22.3. The molecule has 0 aliphatic carbocycles. The van der Waals surface area contributed by atoms with Crippen molar-refractivity contribution in [1.29, 1.82) is 0 Å². The summed E-state index contributed by atoms with van der Waals surface area (Å²) in [7, 11) is 5.36. The summed E-state index contributed by atoms with van der Waals surface area (Å²) >= 11 is 0. The number of aliphatic carboxylic acids is 1. The molecule has 0 spiro atoms. The third-order valence-electron chi connectivity index (χ3n) is 9.24. The molecule has 0 saturated carbocycles. The SMILES string of the molecule is CC/C=C\C/C=C\C/C=C\C/C=C\C/C=C\CC(=O)OC(COCCC(C(=O)[O-])[N+](C)(C)C)COC(=O)CCCCCCCC/C=C\C/C=C\C/C=C\CCCCC. The van der Waals surface area contributed by atoms with Gasteiger partial charge in [-0.3, -0.25) is 9.59 Å². The van der Waals surface area contributed by atoms with Crippen molar-refractivity contribution in [2.24, 2.45) is 0 Å². The largest absolute Gasteiger partial charge is 0.544 e. The van der Waals surface area contributed by atoms with E-state index < -0.39 is 24.1 Å². The summed E-state index contributed by atoms with van der Waals surface area (Å²) in [5, 5.41) is 11.6. The van der Waals surface area contributed by atoms with E-state index in [0.29, 0.717) is 12.8 Å². The highest BCUT2D eigenvalue weighted by molar-refractivity contribution is 5.71. The number of hydrogen-bond acceptors (Lipinski definition) is 7. The number of quaternary nitrogens is 1. The molecule has 2 unspecified atom stereocenters. The summed E-state index contributed by atoms with van der Waals surface area (Å²) in [5.74, 6) is -1.93. The number of nitrogens with zero attached hydrogens (tertiary/aromatic N) is 1. The Morgan fingerprint density at radius 1 is 0.552 bits per heavy atom. The van der Waals surface area contributed by atoms with Crippen LogP contribution in [-0.2, 0) is 28.6 Å². The predicted octanol–water partition coefficient (Wildman–Crippen LogP) is 11.0. The van der Waals surface area contributed by atoms with Gasteiger partial charge in [0.05, 0.1) is 46.7 Å². The predicted molar refractivity (Wildman–Crippen MR) is 240 cm³/mol. The number of carbonyl (C=O) groups is 3. The molecule has 0 aliphatic heterocycles. The zero-order valence-corrected chi connectivity index (χ0v) is 37.2. The monoisotopic (exact) mass is 808 g/mol. The van der Waals surface area contributed by atoms with Crippen molar-refractivity contribution < 1.29 is 38.2 Å². The summed E-state index contributed by atoms with van der Waals surface area (Å²) in [6, 6.07) is -0.749. The number of ether oxygens (including phenoxy) is 3. The molecule has 0 aromatic rings. The lowest BCUT2D eigenvalue weighted by Crippen LogP contribution is -2.55. The molecule has 0 aliphatic rings. The molecule has 0 radical (unpaired) electrons. The van der Waals surface area contributed by atoms with Gasteiger partial charge in [0.15, 0.2) is 6.10 Å². The van der Waals surface area contributed by atoms with Crippen molar-refractivity contribution in [3.05, 3.63) is 97.2 Å². The van der Waals surface area contributed by atoms with Crippen LogP contribution in [0.5, 0.6) is 0 Å². The second-order valence-corrected chi connectivity index (χ2v) is 15.6. The molecule has 0 aromatic carbocycles. The Balaban J connectivity index is 4.49. The molecule has 0 aromatic heterocycles. The van der Waals surface area contributed by atoms with Gasteiger partial charge in [-0.1, -0.05) is 150 Å². The minimum Gasteiger partial charge on any atom is -0.544 e. The van der Waals surface area contributed by atoms with Gasteiger partial charge in [0.2, 0.25) is 0 Å². The number of carboxylic acid groups (broad SMARTS) is 1. The van der Waals surface area contributed by atoms with Crippen molar-refractivity contribution in [2.45, 2.75) is 161 Å². The van der Waals surface area contributed by atoms with Gasteiger partial charge in [-0.2, -0.15) is 0 Å². The summed E-state index contributed by atoms with van der Waals surface area (Å²) in [4.78, 5) is 36.8. The number of unbranched alkanes of at least 4 members (excludes halogenated alkanes) is 9. The maximum atomic E-state index is 12.7.